The molecule has 1 aromatic rings. The van der Waals surface area contributed by atoms with E-state index in [0.717, 1.165) is 50.5 Å². The Balaban J connectivity index is 2.18. The van der Waals surface area contributed by atoms with Crippen molar-refractivity contribution >= 4 is 5.97 Å². The highest BCUT2D eigenvalue weighted by Crippen LogP contribution is 2.47. The fourth-order valence-electron chi connectivity index (χ4n) is 4.43. The second-order valence-corrected chi connectivity index (χ2v) is 6.69. The van der Waals surface area contributed by atoms with Gasteiger partial charge in [-0.1, -0.05) is 19.3 Å². The largest absolute Gasteiger partial charge is 0.508 e. The summed E-state index contributed by atoms with van der Waals surface area (Å²) in [5.41, 5.74) is 3.37. The Morgan fingerprint density at radius 2 is 1.76 bits per heavy atom. The van der Waals surface area contributed by atoms with Gasteiger partial charge in [-0.15, -0.1) is 0 Å². The molecule has 3 nitrogen and oxygen atoms in total. The van der Waals surface area contributed by atoms with Crippen LogP contribution < -0.4 is 0 Å². The van der Waals surface area contributed by atoms with Gasteiger partial charge in [0.15, 0.2) is 0 Å². The number of aromatic hydroxyl groups is 1. The Bertz CT molecular complexity index is 568. The maximum absolute atomic E-state index is 12.0. The van der Waals surface area contributed by atoms with Crippen molar-refractivity contribution < 1.29 is 15.0 Å². The van der Waals surface area contributed by atoms with Crippen LogP contribution in [0.3, 0.4) is 0 Å². The van der Waals surface area contributed by atoms with Crippen LogP contribution in [-0.2, 0) is 23.1 Å². The van der Waals surface area contributed by atoms with Gasteiger partial charge in [-0.25, -0.2) is 0 Å². The van der Waals surface area contributed by atoms with Crippen molar-refractivity contribution in [2.45, 2.75) is 70.1 Å². The van der Waals surface area contributed by atoms with Gasteiger partial charge in [-0.3, -0.25) is 4.79 Å². The van der Waals surface area contributed by atoms with Gasteiger partial charge in [0.1, 0.15) is 5.75 Å². The summed E-state index contributed by atoms with van der Waals surface area (Å²) in [5, 5.41) is 20.4. The van der Waals surface area contributed by atoms with Crippen molar-refractivity contribution in [2.24, 2.45) is 0 Å². The van der Waals surface area contributed by atoms with Crippen LogP contribution in [0.5, 0.6) is 5.75 Å². The SMILES string of the molecule is Cc1c2c(cc(O)c1C1(C(=O)O)CCCCC1)CCCC2. The zero-order chi connectivity index (χ0) is 15.0. The molecule has 0 radical (unpaired) electrons. The van der Waals surface area contributed by atoms with Crippen molar-refractivity contribution in [3.8, 4) is 5.75 Å². The Labute approximate surface area is 126 Å². The van der Waals surface area contributed by atoms with E-state index in [-0.39, 0.29) is 5.75 Å². The molecule has 0 unspecified atom stereocenters. The second kappa shape index (κ2) is 5.36. The molecule has 0 amide bonds. The maximum atomic E-state index is 12.0. The molecule has 0 atom stereocenters. The number of carbonyl (C=O) groups is 1. The lowest BCUT2D eigenvalue weighted by Crippen LogP contribution is -2.39. The van der Waals surface area contributed by atoms with E-state index in [9.17, 15) is 15.0 Å². The minimum Gasteiger partial charge on any atom is -0.508 e. The number of hydrogen-bond acceptors (Lipinski definition) is 2. The Kier molecular flexibility index (Phi) is 3.68. The number of aliphatic carboxylic acids is 1. The fraction of sp³-hybridized carbons (Fsp3) is 0.611. The van der Waals surface area contributed by atoms with E-state index in [1.807, 2.05) is 13.0 Å². The van der Waals surface area contributed by atoms with Crippen molar-refractivity contribution in [1.82, 2.24) is 0 Å². The van der Waals surface area contributed by atoms with Gasteiger partial charge in [0.25, 0.3) is 0 Å². The molecule has 0 aromatic heterocycles. The van der Waals surface area contributed by atoms with Crippen molar-refractivity contribution in [3.05, 3.63) is 28.3 Å². The highest BCUT2D eigenvalue weighted by Gasteiger charge is 2.44. The summed E-state index contributed by atoms with van der Waals surface area (Å²) in [7, 11) is 0. The number of carboxylic acids is 1. The van der Waals surface area contributed by atoms with Crippen molar-refractivity contribution in [1.29, 1.82) is 0 Å². The molecule has 21 heavy (non-hydrogen) atoms. The normalized spacial score (nSPS) is 20.8. The first kappa shape index (κ1) is 14.4. The minimum absolute atomic E-state index is 0.206. The van der Waals surface area contributed by atoms with Crippen LogP contribution in [-0.4, -0.2) is 16.2 Å². The molecule has 114 valence electrons. The molecule has 0 saturated heterocycles. The minimum atomic E-state index is -0.876. The molecular formula is C18H24O3. The maximum Gasteiger partial charge on any atom is 0.314 e. The van der Waals surface area contributed by atoms with Gasteiger partial charge >= 0.3 is 5.97 Å². The molecule has 0 heterocycles. The smallest absolute Gasteiger partial charge is 0.314 e. The number of fused-ring (bicyclic) bond motifs is 1. The lowest BCUT2D eigenvalue weighted by atomic mass is 9.66. The first-order valence-corrected chi connectivity index (χ1v) is 8.14. The van der Waals surface area contributed by atoms with Crippen LogP contribution in [0, 0.1) is 6.92 Å². The highest BCUT2D eigenvalue weighted by atomic mass is 16.4. The zero-order valence-electron chi connectivity index (χ0n) is 12.7. The molecule has 0 spiro atoms. The third kappa shape index (κ3) is 2.23. The second-order valence-electron chi connectivity index (χ2n) is 6.69. The highest BCUT2D eigenvalue weighted by molar-refractivity contribution is 5.83. The number of phenols is 1. The number of rotatable bonds is 2. The van der Waals surface area contributed by atoms with Gasteiger partial charge < -0.3 is 10.2 Å². The van der Waals surface area contributed by atoms with Gasteiger partial charge in [-0.2, -0.15) is 0 Å². The van der Waals surface area contributed by atoms with Crippen LogP contribution in [0.25, 0.3) is 0 Å². The monoisotopic (exact) mass is 288 g/mol. The molecule has 3 rings (SSSR count). The van der Waals surface area contributed by atoms with Crippen molar-refractivity contribution in [2.75, 3.05) is 0 Å². The molecule has 3 heteroatoms. The van der Waals surface area contributed by atoms with Crippen molar-refractivity contribution in [3.63, 3.8) is 0 Å². The number of phenolic OH excluding ortho intramolecular Hbond substituents is 1. The Morgan fingerprint density at radius 3 is 2.43 bits per heavy atom. The quantitative estimate of drug-likeness (QED) is 0.868. The van der Waals surface area contributed by atoms with Crippen LogP contribution in [0.15, 0.2) is 6.07 Å². The molecule has 1 saturated carbocycles. The molecule has 1 fully saturated rings. The zero-order valence-corrected chi connectivity index (χ0v) is 12.7. The van der Waals surface area contributed by atoms with Gasteiger partial charge in [-0.05, 0) is 68.2 Å². The van der Waals surface area contributed by atoms with E-state index in [2.05, 4.69) is 0 Å². The summed E-state index contributed by atoms with van der Waals surface area (Å²) in [6.07, 6.45) is 8.61. The van der Waals surface area contributed by atoms with Gasteiger partial charge in [0.2, 0.25) is 0 Å². The predicted octanol–water partition coefficient (Wildman–Crippen LogP) is 3.87. The number of carboxylic acid groups (broad SMARTS) is 1. The van der Waals surface area contributed by atoms with Gasteiger partial charge in [0, 0.05) is 5.56 Å². The lowest BCUT2D eigenvalue weighted by Gasteiger charge is -2.36. The molecule has 1 aromatic carbocycles. The van der Waals surface area contributed by atoms with Crippen LogP contribution in [0.4, 0.5) is 0 Å². The van der Waals surface area contributed by atoms with E-state index >= 15 is 0 Å². The fourth-order valence-corrected chi connectivity index (χ4v) is 4.43. The first-order chi connectivity index (χ1) is 10.1. The van der Waals surface area contributed by atoms with Crippen LogP contribution >= 0.6 is 0 Å². The standard InChI is InChI=1S/C18H24O3/c1-12-14-8-4-3-7-13(14)11-15(19)16(12)18(17(20)21)9-5-2-6-10-18/h11,19H,2-10H2,1H3,(H,20,21). The lowest BCUT2D eigenvalue weighted by molar-refractivity contribution is -0.145. The summed E-state index contributed by atoms with van der Waals surface area (Å²) in [6, 6.07) is 1.84. The molecule has 2 N–H and O–H groups in total. The van der Waals surface area contributed by atoms with Crippen LogP contribution in [0.2, 0.25) is 0 Å². The number of hydrogen-bond donors (Lipinski definition) is 2. The molecule has 0 bridgehead atoms. The van der Waals surface area contributed by atoms with E-state index in [1.54, 1.807) is 0 Å². The summed E-state index contributed by atoms with van der Waals surface area (Å²) in [6.45, 7) is 2.01. The average Bonchev–Trinajstić information content (AvgIpc) is 2.48. The molecular weight excluding hydrogens is 264 g/mol. The third-order valence-corrected chi connectivity index (χ3v) is 5.50. The summed E-state index contributed by atoms with van der Waals surface area (Å²) < 4.78 is 0. The first-order valence-electron chi connectivity index (χ1n) is 8.14. The third-order valence-electron chi connectivity index (χ3n) is 5.50. The average molecular weight is 288 g/mol. The summed E-state index contributed by atoms with van der Waals surface area (Å²) in [4.78, 5) is 12.0. The van der Waals surface area contributed by atoms with E-state index < -0.39 is 11.4 Å². The molecule has 0 aliphatic heterocycles. The molecule has 2 aliphatic carbocycles. The molecule has 2 aliphatic rings. The summed E-state index contributed by atoms with van der Waals surface area (Å²) in [5.74, 6) is -0.561. The van der Waals surface area contributed by atoms with E-state index in [1.165, 1.54) is 11.1 Å². The number of benzene rings is 1. The number of aryl methyl sites for hydroxylation is 1. The topological polar surface area (TPSA) is 57.5 Å². The summed E-state index contributed by atoms with van der Waals surface area (Å²) >= 11 is 0. The van der Waals surface area contributed by atoms with E-state index in [4.69, 9.17) is 0 Å². The predicted molar refractivity (Wildman–Crippen MR) is 81.9 cm³/mol. The van der Waals surface area contributed by atoms with Gasteiger partial charge in [0.05, 0.1) is 5.41 Å². The Hall–Kier alpha value is -1.51. The Morgan fingerprint density at radius 1 is 1.10 bits per heavy atom. The van der Waals surface area contributed by atoms with Crippen LogP contribution in [0.1, 0.15) is 67.2 Å². The van der Waals surface area contributed by atoms with E-state index in [0.29, 0.717) is 18.4 Å².